The summed E-state index contributed by atoms with van der Waals surface area (Å²) in [6, 6.07) is 20.1. The summed E-state index contributed by atoms with van der Waals surface area (Å²) >= 11 is 1.64. The quantitative estimate of drug-likeness (QED) is 0.536. The molecule has 0 atom stereocenters. The van der Waals surface area contributed by atoms with Gasteiger partial charge in [-0.2, -0.15) is 0 Å². The standard InChI is InChI=1S/C22H17N3O2S/c1-13-6-11-18-19(12-13)28-22(25-18)14-7-9-15(10-8-14)24-21(27)17-5-3-2-4-16(17)20(23)26/h2-12H,1H3,(H2,23,26)(H,24,27). The lowest BCUT2D eigenvalue weighted by atomic mass is 10.1. The normalized spacial score (nSPS) is 10.8. The van der Waals surface area contributed by atoms with E-state index in [1.54, 1.807) is 29.5 Å². The number of amides is 2. The molecule has 4 aromatic rings. The predicted molar refractivity (Wildman–Crippen MR) is 113 cm³/mol. The van der Waals surface area contributed by atoms with Crippen LogP contribution in [0, 0.1) is 6.92 Å². The maximum atomic E-state index is 12.5. The van der Waals surface area contributed by atoms with Crippen LogP contribution >= 0.6 is 11.3 Å². The predicted octanol–water partition coefficient (Wildman–Crippen LogP) is 4.62. The number of nitrogens with zero attached hydrogens (tertiary/aromatic N) is 1. The number of rotatable bonds is 4. The van der Waals surface area contributed by atoms with Crippen molar-refractivity contribution in [3.05, 3.63) is 83.4 Å². The van der Waals surface area contributed by atoms with E-state index in [1.807, 2.05) is 36.4 Å². The van der Waals surface area contributed by atoms with Gasteiger partial charge in [0.2, 0.25) is 5.91 Å². The van der Waals surface area contributed by atoms with Crippen LogP contribution < -0.4 is 11.1 Å². The monoisotopic (exact) mass is 387 g/mol. The molecule has 0 radical (unpaired) electrons. The first-order chi connectivity index (χ1) is 13.5. The number of carbonyl (C=O) groups is 2. The molecule has 0 unspecified atom stereocenters. The minimum Gasteiger partial charge on any atom is -0.366 e. The Hall–Kier alpha value is -3.51. The van der Waals surface area contributed by atoms with Gasteiger partial charge in [0.25, 0.3) is 5.91 Å². The van der Waals surface area contributed by atoms with Gasteiger partial charge in [-0.05, 0) is 61.0 Å². The summed E-state index contributed by atoms with van der Waals surface area (Å²) in [7, 11) is 0. The highest BCUT2D eigenvalue weighted by atomic mass is 32.1. The van der Waals surface area contributed by atoms with Crippen molar-refractivity contribution in [2.75, 3.05) is 5.32 Å². The van der Waals surface area contributed by atoms with E-state index in [4.69, 9.17) is 5.73 Å². The number of primary amides is 1. The molecule has 0 aliphatic heterocycles. The highest BCUT2D eigenvalue weighted by Gasteiger charge is 2.14. The Morgan fingerprint density at radius 2 is 1.68 bits per heavy atom. The number of benzene rings is 3. The van der Waals surface area contributed by atoms with Crippen LogP contribution in [0.1, 0.15) is 26.3 Å². The van der Waals surface area contributed by atoms with Crippen LogP contribution in [-0.2, 0) is 0 Å². The van der Waals surface area contributed by atoms with Crippen LogP contribution in [0.4, 0.5) is 5.69 Å². The van der Waals surface area contributed by atoms with E-state index in [0.29, 0.717) is 5.69 Å². The van der Waals surface area contributed by atoms with Gasteiger partial charge in [0.1, 0.15) is 5.01 Å². The first-order valence-electron chi connectivity index (χ1n) is 8.69. The molecule has 28 heavy (non-hydrogen) atoms. The molecule has 0 spiro atoms. The summed E-state index contributed by atoms with van der Waals surface area (Å²) in [5.41, 5.74) is 9.59. The molecule has 4 rings (SSSR count). The third kappa shape index (κ3) is 3.50. The minimum atomic E-state index is -0.632. The van der Waals surface area contributed by atoms with Gasteiger partial charge in [-0.3, -0.25) is 9.59 Å². The topological polar surface area (TPSA) is 85.1 Å². The van der Waals surface area contributed by atoms with Gasteiger partial charge < -0.3 is 11.1 Å². The molecule has 6 heteroatoms. The Kier molecular flexibility index (Phi) is 4.63. The third-order valence-corrected chi connectivity index (χ3v) is 5.44. The second-order valence-corrected chi connectivity index (χ2v) is 7.46. The van der Waals surface area contributed by atoms with Crippen LogP contribution in [0.25, 0.3) is 20.8 Å². The Morgan fingerprint density at radius 1 is 0.964 bits per heavy atom. The summed E-state index contributed by atoms with van der Waals surface area (Å²) in [5.74, 6) is -1.01. The average molecular weight is 387 g/mol. The smallest absolute Gasteiger partial charge is 0.256 e. The summed E-state index contributed by atoms with van der Waals surface area (Å²) in [4.78, 5) is 28.7. The van der Waals surface area contributed by atoms with E-state index in [-0.39, 0.29) is 17.0 Å². The first-order valence-corrected chi connectivity index (χ1v) is 9.51. The number of fused-ring (bicyclic) bond motifs is 1. The van der Waals surface area contributed by atoms with E-state index < -0.39 is 5.91 Å². The number of nitrogens with two attached hydrogens (primary N) is 1. The third-order valence-electron chi connectivity index (χ3n) is 4.37. The van der Waals surface area contributed by atoms with Crippen molar-refractivity contribution in [1.82, 2.24) is 4.98 Å². The van der Waals surface area contributed by atoms with E-state index in [1.165, 1.54) is 11.6 Å². The zero-order valence-electron chi connectivity index (χ0n) is 15.1. The van der Waals surface area contributed by atoms with Crippen molar-refractivity contribution < 1.29 is 9.59 Å². The van der Waals surface area contributed by atoms with Crippen molar-refractivity contribution in [2.24, 2.45) is 5.73 Å². The zero-order valence-corrected chi connectivity index (χ0v) is 15.9. The molecule has 138 valence electrons. The van der Waals surface area contributed by atoms with Gasteiger partial charge in [0, 0.05) is 11.3 Å². The van der Waals surface area contributed by atoms with Crippen molar-refractivity contribution in [3.8, 4) is 10.6 Å². The molecule has 2 amide bonds. The maximum Gasteiger partial charge on any atom is 0.256 e. The number of aromatic nitrogens is 1. The van der Waals surface area contributed by atoms with Gasteiger partial charge in [-0.1, -0.05) is 18.2 Å². The summed E-state index contributed by atoms with van der Waals surface area (Å²) < 4.78 is 1.15. The van der Waals surface area contributed by atoms with Crippen LogP contribution in [0.3, 0.4) is 0 Å². The second kappa shape index (κ2) is 7.25. The second-order valence-electron chi connectivity index (χ2n) is 6.43. The van der Waals surface area contributed by atoms with Crippen molar-refractivity contribution in [3.63, 3.8) is 0 Å². The number of aryl methyl sites for hydroxylation is 1. The fraction of sp³-hybridized carbons (Fsp3) is 0.0455. The fourth-order valence-electron chi connectivity index (χ4n) is 2.95. The molecular weight excluding hydrogens is 370 g/mol. The lowest BCUT2D eigenvalue weighted by Crippen LogP contribution is -2.20. The van der Waals surface area contributed by atoms with Crippen molar-refractivity contribution in [1.29, 1.82) is 0 Å². The van der Waals surface area contributed by atoms with Gasteiger partial charge in [0.05, 0.1) is 21.3 Å². The first kappa shape index (κ1) is 17.9. The molecule has 3 N–H and O–H groups in total. The van der Waals surface area contributed by atoms with E-state index >= 15 is 0 Å². The van der Waals surface area contributed by atoms with Crippen molar-refractivity contribution >= 4 is 39.1 Å². The number of hydrogen-bond donors (Lipinski definition) is 2. The molecular formula is C22H17N3O2S. The lowest BCUT2D eigenvalue weighted by Gasteiger charge is -2.08. The minimum absolute atomic E-state index is 0.196. The van der Waals surface area contributed by atoms with Gasteiger partial charge in [-0.15, -0.1) is 11.3 Å². The van der Waals surface area contributed by atoms with Gasteiger partial charge >= 0.3 is 0 Å². The largest absolute Gasteiger partial charge is 0.366 e. The fourth-order valence-corrected chi connectivity index (χ4v) is 4.02. The summed E-state index contributed by atoms with van der Waals surface area (Å²) in [6.07, 6.45) is 0. The Labute approximate surface area is 165 Å². The number of carbonyl (C=O) groups excluding carboxylic acids is 2. The molecule has 5 nitrogen and oxygen atoms in total. The van der Waals surface area contributed by atoms with Crippen LogP contribution in [0.2, 0.25) is 0 Å². The van der Waals surface area contributed by atoms with Crippen molar-refractivity contribution in [2.45, 2.75) is 6.92 Å². The molecule has 1 aromatic heterocycles. The zero-order chi connectivity index (χ0) is 19.7. The summed E-state index contributed by atoms with van der Waals surface area (Å²) in [5, 5.41) is 3.73. The molecule has 0 saturated carbocycles. The molecule has 3 aromatic carbocycles. The highest BCUT2D eigenvalue weighted by Crippen LogP contribution is 2.31. The number of hydrogen-bond acceptors (Lipinski definition) is 4. The van der Waals surface area contributed by atoms with Crippen LogP contribution in [-0.4, -0.2) is 16.8 Å². The highest BCUT2D eigenvalue weighted by molar-refractivity contribution is 7.21. The maximum absolute atomic E-state index is 12.5. The number of anilines is 1. The molecule has 1 heterocycles. The molecule has 0 aliphatic carbocycles. The van der Waals surface area contributed by atoms with E-state index in [9.17, 15) is 9.59 Å². The van der Waals surface area contributed by atoms with E-state index in [2.05, 4.69) is 23.3 Å². The Bertz CT molecular complexity index is 1200. The molecule has 0 saturated heterocycles. The Balaban J connectivity index is 1.56. The molecule has 0 bridgehead atoms. The SMILES string of the molecule is Cc1ccc2nc(-c3ccc(NC(=O)c4ccccc4C(N)=O)cc3)sc2c1. The molecule has 0 fully saturated rings. The number of nitrogens with one attached hydrogen (secondary N) is 1. The average Bonchev–Trinajstić information content (AvgIpc) is 3.11. The Morgan fingerprint density at radius 3 is 2.39 bits per heavy atom. The number of thiazole rings is 1. The van der Waals surface area contributed by atoms with Crippen LogP contribution in [0.5, 0.6) is 0 Å². The van der Waals surface area contributed by atoms with E-state index in [0.717, 1.165) is 20.8 Å². The summed E-state index contributed by atoms with van der Waals surface area (Å²) in [6.45, 7) is 2.06. The van der Waals surface area contributed by atoms with Gasteiger partial charge in [0.15, 0.2) is 0 Å². The molecule has 0 aliphatic rings. The van der Waals surface area contributed by atoms with Crippen LogP contribution in [0.15, 0.2) is 66.7 Å². The lowest BCUT2D eigenvalue weighted by molar-refractivity contribution is 0.0977. The van der Waals surface area contributed by atoms with Gasteiger partial charge in [-0.25, -0.2) is 4.98 Å².